The van der Waals surface area contributed by atoms with Crippen LogP contribution in [0.15, 0.2) is 0 Å². The number of nitrogens with two attached hydrogens (primary N) is 1. The molecule has 0 spiro atoms. The highest BCUT2D eigenvalue weighted by Crippen LogP contribution is 2.31. The van der Waals surface area contributed by atoms with Crippen LogP contribution in [0.2, 0.25) is 0 Å². The van der Waals surface area contributed by atoms with Gasteiger partial charge in [-0.3, -0.25) is 4.79 Å². The average molecular weight is 255 g/mol. The van der Waals surface area contributed by atoms with Crippen molar-refractivity contribution >= 4 is 5.97 Å². The van der Waals surface area contributed by atoms with Gasteiger partial charge in [0, 0.05) is 6.42 Å². The molecule has 0 bridgehead atoms. The molecular formula is C15H29NO2. The molecule has 18 heavy (non-hydrogen) atoms. The van der Waals surface area contributed by atoms with Gasteiger partial charge in [-0.05, 0) is 50.5 Å². The van der Waals surface area contributed by atoms with Crippen molar-refractivity contribution in [3.8, 4) is 0 Å². The molecule has 0 saturated heterocycles. The van der Waals surface area contributed by atoms with Gasteiger partial charge >= 0.3 is 5.97 Å². The first-order valence-electron chi connectivity index (χ1n) is 7.53. The number of carbonyl (C=O) groups is 1. The predicted octanol–water partition coefficient (Wildman–Crippen LogP) is 3.26. The van der Waals surface area contributed by atoms with Crippen molar-refractivity contribution in [3.63, 3.8) is 0 Å². The topological polar surface area (TPSA) is 52.3 Å². The zero-order chi connectivity index (χ0) is 13.4. The summed E-state index contributed by atoms with van der Waals surface area (Å²) in [5, 5.41) is 0. The second kappa shape index (κ2) is 8.52. The summed E-state index contributed by atoms with van der Waals surface area (Å²) in [4.78, 5) is 11.7. The third-order valence-electron chi connectivity index (χ3n) is 4.18. The van der Waals surface area contributed by atoms with Crippen LogP contribution in [-0.4, -0.2) is 18.6 Å². The van der Waals surface area contributed by atoms with Gasteiger partial charge < -0.3 is 10.5 Å². The predicted molar refractivity (Wildman–Crippen MR) is 74.2 cm³/mol. The molecule has 1 aliphatic carbocycles. The molecule has 3 atom stereocenters. The van der Waals surface area contributed by atoms with Gasteiger partial charge in [-0.25, -0.2) is 0 Å². The molecule has 2 N–H and O–H groups in total. The Hall–Kier alpha value is -0.570. The molecule has 1 rings (SSSR count). The summed E-state index contributed by atoms with van der Waals surface area (Å²) in [6.45, 7) is 5.31. The zero-order valence-electron chi connectivity index (χ0n) is 12.0. The maximum Gasteiger partial charge on any atom is 0.306 e. The second-order valence-corrected chi connectivity index (χ2v) is 5.83. The average Bonchev–Trinajstić information content (AvgIpc) is 2.34. The lowest BCUT2D eigenvalue weighted by Crippen LogP contribution is -2.28. The van der Waals surface area contributed by atoms with E-state index in [1.165, 1.54) is 6.42 Å². The molecule has 0 radical (unpaired) electrons. The number of hydrogen-bond acceptors (Lipinski definition) is 3. The molecule has 1 saturated carbocycles. The number of rotatable bonds is 7. The molecule has 0 aliphatic heterocycles. The molecule has 0 aromatic heterocycles. The minimum atomic E-state index is -0.00509. The largest absolute Gasteiger partial charge is 0.462 e. The fraction of sp³-hybridized carbons (Fsp3) is 0.933. The summed E-state index contributed by atoms with van der Waals surface area (Å²) in [5.74, 6) is 1.45. The summed E-state index contributed by atoms with van der Waals surface area (Å²) >= 11 is 0. The zero-order valence-corrected chi connectivity index (χ0v) is 12.0. The molecule has 3 unspecified atom stereocenters. The smallest absolute Gasteiger partial charge is 0.306 e. The van der Waals surface area contributed by atoms with E-state index in [1.54, 1.807) is 0 Å². The third-order valence-corrected chi connectivity index (χ3v) is 4.18. The lowest BCUT2D eigenvalue weighted by Gasteiger charge is -2.31. The molecule has 3 nitrogen and oxygen atoms in total. The van der Waals surface area contributed by atoms with Crippen LogP contribution in [0.1, 0.15) is 65.2 Å². The van der Waals surface area contributed by atoms with Gasteiger partial charge in [0.2, 0.25) is 0 Å². The summed E-state index contributed by atoms with van der Waals surface area (Å²) in [6.07, 6.45) is 8.25. The first-order valence-corrected chi connectivity index (χ1v) is 7.53. The van der Waals surface area contributed by atoms with Gasteiger partial charge in [-0.1, -0.05) is 26.7 Å². The Morgan fingerprint density at radius 3 is 2.50 bits per heavy atom. The van der Waals surface area contributed by atoms with Gasteiger partial charge in [-0.2, -0.15) is 0 Å². The van der Waals surface area contributed by atoms with E-state index in [1.807, 2.05) is 0 Å². The van der Waals surface area contributed by atoms with Crippen LogP contribution in [-0.2, 0) is 9.53 Å². The lowest BCUT2D eigenvalue weighted by atomic mass is 9.80. The number of hydrogen-bond donors (Lipinski definition) is 1. The SMILES string of the molecule is CC1CCC(OC(=O)CCCCCCN)CC1C. The van der Waals surface area contributed by atoms with Crippen molar-refractivity contribution in [1.82, 2.24) is 0 Å². The first kappa shape index (κ1) is 15.5. The van der Waals surface area contributed by atoms with Crippen molar-refractivity contribution < 1.29 is 9.53 Å². The fourth-order valence-electron chi connectivity index (χ4n) is 2.62. The van der Waals surface area contributed by atoms with Crippen LogP contribution >= 0.6 is 0 Å². The van der Waals surface area contributed by atoms with Crippen molar-refractivity contribution in [2.24, 2.45) is 17.6 Å². The third kappa shape index (κ3) is 5.85. The number of esters is 1. The van der Waals surface area contributed by atoms with Crippen LogP contribution in [0, 0.1) is 11.8 Å². The van der Waals surface area contributed by atoms with Gasteiger partial charge in [0.15, 0.2) is 0 Å². The molecule has 0 aromatic rings. The molecule has 1 aliphatic rings. The van der Waals surface area contributed by atoms with Gasteiger partial charge in [0.25, 0.3) is 0 Å². The lowest BCUT2D eigenvalue weighted by molar-refractivity contribution is -0.152. The van der Waals surface area contributed by atoms with Crippen LogP contribution in [0.5, 0.6) is 0 Å². The van der Waals surface area contributed by atoms with Gasteiger partial charge in [0.05, 0.1) is 0 Å². The maximum atomic E-state index is 11.7. The first-order chi connectivity index (χ1) is 8.63. The van der Waals surface area contributed by atoms with Crippen molar-refractivity contribution in [1.29, 1.82) is 0 Å². The van der Waals surface area contributed by atoms with E-state index in [9.17, 15) is 4.79 Å². The standard InChI is InChI=1S/C15H29NO2/c1-12-8-9-14(11-13(12)2)18-15(17)7-5-3-4-6-10-16/h12-14H,3-11,16H2,1-2H3. The van der Waals surface area contributed by atoms with E-state index in [0.717, 1.165) is 51.0 Å². The van der Waals surface area contributed by atoms with Gasteiger partial charge in [-0.15, -0.1) is 0 Å². The second-order valence-electron chi connectivity index (χ2n) is 5.83. The number of carbonyl (C=O) groups excluding carboxylic acids is 1. The quantitative estimate of drug-likeness (QED) is 0.561. The Morgan fingerprint density at radius 2 is 1.83 bits per heavy atom. The molecule has 1 fully saturated rings. The van der Waals surface area contributed by atoms with Crippen LogP contribution in [0.4, 0.5) is 0 Å². The summed E-state index contributed by atoms with van der Waals surface area (Å²) < 4.78 is 5.55. The summed E-state index contributed by atoms with van der Waals surface area (Å²) in [6, 6.07) is 0. The Kier molecular flexibility index (Phi) is 7.33. The van der Waals surface area contributed by atoms with E-state index in [0.29, 0.717) is 12.3 Å². The van der Waals surface area contributed by atoms with Gasteiger partial charge in [0.1, 0.15) is 6.10 Å². The van der Waals surface area contributed by atoms with Crippen molar-refractivity contribution in [2.75, 3.05) is 6.54 Å². The van der Waals surface area contributed by atoms with E-state index in [-0.39, 0.29) is 12.1 Å². The molecule has 0 aromatic carbocycles. The Bertz CT molecular complexity index is 243. The fourth-order valence-corrected chi connectivity index (χ4v) is 2.62. The van der Waals surface area contributed by atoms with Crippen LogP contribution in [0.25, 0.3) is 0 Å². The molecule has 106 valence electrons. The summed E-state index contributed by atoms with van der Waals surface area (Å²) in [7, 11) is 0. The minimum Gasteiger partial charge on any atom is -0.462 e. The Labute approximate surface area is 111 Å². The Balaban J connectivity index is 2.09. The van der Waals surface area contributed by atoms with E-state index in [4.69, 9.17) is 10.5 Å². The molecule has 0 amide bonds. The normalized spacial score (nSPS) is 28.1. The molecule has 3 heteroatoms. The van der Waals surface area contributed by atoms with E-state index < -0.39 is 0 Å². The van der Waals surface area contributed by atoms with Crippen LogP contribution in [0.3, 0.4) is 0 Å². The maximum absolute atomic E-state index is 11.7. The van der Waals surface area contributed by atoms with Crippen LogP contribution < -0.4 is 5.73 Å². The summed E-state index contributed by atoms with van der Waals surface area (Å²) in [5.41, 5.74) is 5.43. The minimum absolute atomic E-state index is 0.00509. The Morgan fingerprint density at radius 1 is 1.11 bits per heavy atom. The highest BCUT2D eigenvalue weighted by molar-refractivity contribution is 5.69. The number of unbranched alkanes of at least 4 members (excludes halogenated alkanes) is 3. The van der Waals surface area contributed by atoms with E-state index in [2.05, 4.69) is 13.8 Å². The molecular weight excluding hydrogens is 226 g/mol. The van der Waals surface area contributed by atoms with E-state index >= 15 is 0 Å². The van der Waals surface area contributed by atoms with Crippen molar-refractivity contribution in [2.45, 2.75) is 71.3 Å². The monoisotopic (exact) mass is 255 g/mol. The highest BCUT2D eigenvalue weighted by atomic mass is 16.5. The van der Waals surface area contributed by atoms with Crippen molar-refractivity contribution in [3.05, 3.63) is 0 Å². The molecule has 0 heterocycles. The highest BCUT2D eigenvalue weighted by Gasteiger charge is 2.26. The number of ether oxygens (including phenoxy) is 1.